The number of rotatable bonds is 6. The first-order chi connectivity index (χ1) is 13.2. The van der Waals surface area contributed by atoms with Gasteiger partial charge in [-0.2, -0.15) is 13.2 Å². The summed E-state index contributed by atoms with van der Waals surface area (Å²) in [6, 6.07) is 0.840. The lowest BCUT2D eigenvalue weighted by Crippen LogP contribution is -2.43. The number of ether oxygens (including phenoxy) is 1. The first kappa shape index (κ1) is 22.6. The monoisotopic (exact) mass is 439 g/mol. The zero-order chi connectivity index (χ0) is 20.7. The highest BCUT2D eigenvalue weighted by molar-refractivity contribution is 7.99. The van der Waals surface area contributed by atoms with Crippen LogP contribution in [0.4, 0.5) is 18.0 Å². The molecule has 28 heavy (non-hydrogen) atoms. The van der Waals surface area contributed by atoms with Crippen molar-refractivity contribution in [2.75, 3.05) is 32.0 Å². The SMILES string of the molecule is CCOC(=O)N1CCC(C(=O)NCCSc2ncc(C(F)(F)F)cc2Cl)CC1. The van der Waals surface area contributed by atoms with E-state index in [9.17, 15) is 22.8 Å². The van der Waals surface area contributed by atoms with E-state index in [1.165, 1.54) is 11.8 Å². The van der Waals surface area contributed by atoms with E-state index in [1.54, 1.807) is 11.8 Å². The van der Waals surface area contributed by atoms with Crippen LogP contribution in [0.15, 0.2) is 17.3 Å². The molecule has 1 aliphatic rings. The molecule has 1 saturated heterocycles. The number of likely N-dealkylation sites (tertiary alicyclic amines) is 1. The maximum absolute atomic E-state index is 12.6. The topological polar surface area (TPSA) is 71.5 Å². The van der Waals surface area contributed by atoms with Crippen LogP contribution in [0.25, 0.3) is 0 Å². The highest BCUT2D eigenvalue weighted by Gasteiger charge is 2.31. The van der Waals surface area contributed by atoms with Gasteiger partial charge < -0.3 is 15.0 Å². The molecule has 2 heterocycles. The van der Waals surface area contributed by atoms with Crippen molar-refractivity contribution in [3.63, 3.8) is 0 Å². The molecule has 0 bridgehead atoms. The fourth-order valence-corrected chi connectivity index (χ4v) is 3.74. The number of carbonyl (C=O) groups is 2. The Kier molecular flexibility index (Phi) is 8.23. The van der Waals surface area contributed by atoms with Gasteiger partial charge in [-0.25, -0.2) is 9.78 Å². The Morgan fingerprint density at radius 1 is 1.39 bits per heavy atom. The van der Waals surface area contributed by atoms with E-state index in [0.717, 1.165) is 12.3 Å². The predicted molar refractivity (Wildman–Crippen MR) is 99.3 cm³/mol. The summed E-state index contributed by atoms with van der Waals surface area (Å²) in [6.07, 6.45) is -2.99. The molecule has 1 fully saturated rings. The molecule has 2 amide bonds. The summed E-state index contributed by atoms with van der Waals surface area (Å²) in [4.78, 5) is 29.2. The Morgan fingerprint density at radius 2 is 2.07 bits per heavy atom. The zero-order valence-corrected chi connectivity index (χ0v) is 16.8. The third-order valence-corrected chi connectivity index (χ3v) is 5.57. The largest absolute Gasteiger partial charge is 0.450 e. The minimum Gasteiger partial charge on any atom is -0.450 e. The average molecular weight is 440 g/mol. The predicted octanol–water partition coefficient (Wildman–Crippen LogP) is 3.83. The Balaban J connectivity index is 1.71. The number of hydrogen-bond donors (Lipinski definition) is 1. The number of amides is 2. The molecular weight excluding hydrogens is 419 g/mol. The molecule has 0 spiro atoms. The van der Waals surface area contributed by atoms with E-state index in [-0.39, 0.29) is 28.0 Å². The Morgan fingerprint density at radius 3 is 2.64 bits per heavy atom. The third-order valence-electron chi connectivity index (χ3n) is 4.17. The van der Waals surface area contributed by atoms with Gasteiger partial charge in [-0.3, -0.25) is 4.79 Å². The van der Waals surface area contributed by atoms with Crippen LogP contribution in [0.5, 0.6) is 0 Å². The molecule has 1 N–H and O–H groups in total. The molecule has 156 valence electrons. The standard InChI is InChI=1S/C17H21ClF3N3O3S/c1-2-27-16(26)24-6-3-11(4-7-24)14(25)22-5-8-28-15-13(18)9-12(10-23-15)17(19,20)21/h9-11H,2-8H2,1H3,(H,22,25). The first-order valence-electron chi connectivity index (χ1n) is 8.77. The molecule has 11 heteroatoms. The van der Waals surface area contributed by atoms with Crippen molar-refractivity contribution in [2.45, 2.75) is 31.0 Å². The van der Waals surface area contributed by atoms with Gasteiger partial charge in [-0.1, -0.05) is 11.6 Å². The number of nitrogens with zero attached hydrogens (tertiary/aromatic N) is 2. The lowest BCUT2D eigenvalue weighted by atomic mass is 9.96. The Bertz CT molecular complexity index is 698. The van der Waals surface area contributed by atoms with Gasteiger partial charge in [0.15, 0.2) is 0 Å². The number of carbonyl (C=O) groups excluding carboxylic acids is 2. The second-order valence-electron chi connectivity index (χ2n) is 6.11. The lowest BCUT2D eigenvalue weighted by Gasteiger charge is -2.30. The molecule has 2 rings (SSSR count). The Hall–Kier alpha value is -1.68. The van der Waals surface area contributed by atoms with Crippen molar-refractivity contribution in [3.8, 4) is 0 Å². The van der Waals surface area contributed by atoms with E-state index in [1.807, 2.05) is 0 Å². The van der Waals surface area contributed by atoms with Gasteiger partial charge >= 0.3 is 12.3 Å². The van der Waals surface area contributed by atoms with Gasteiger partial charge in [-0.15, -0.1) is 11.8 Å². The normalized spacial score (nSPS) is 15.4. The maximum Gasteiger partial charge on any atom is 0.417 e. The lowest BCUT2D eigenvalue weighted by molar-refractivity contribution is -0.137. The highest BCUT2D eigenvalue weighted by atomic mass is 35.5. The van der Waals surface area contributed by atoms with Crippen molar-refractivity contribution in [1.82, 2.24) is 15.2 Å². The molecule has 0 unspecified atom stereocenters. The molecule has 1 aliphatic heterocycles. The van der Waals surface area contributed by atoms with Crippen LogP contribution in [0.1, 0.15) is 25.3 Å². The van der Waals surface area contributed by atoms with Crippen LogP contribution in [-0.4, -0.2) is 53.9 Å². The van der Waals surface area contributed by atoms with Crippen molar-refractivity contribution < 1.29 is 27.5 Å². The zero-order valence-electron chi connectivity index (χ0n) is 15.2. The summed E-state index contributed by atoms with van der Waals surface area (Å²) in [6.45, 7) is 3.33. The molecule has 0 radical (unpaired) electrons. The van der Waals surface area contributed by atoms with Crippen LogP contribution < -0.4 is 5.32 Å². The van der Waals surface area contributed by atoms with E-state index in [0.29, 0.717) is 44.8 Å². The quantitative estimate of drug-likeness (QED) is 0.538. The fourth-order valence-electron chi connectivity index (χ4n) is 2.69. The van der Waals surface area contributed by atoms with E-state index >= 15 is 0 Å². The van der Waals surface area contributed by atoms with Gasteiger partial charge in [-0.05, 0) is 25.8 Å². The van der Waals surface area contributed by atoms with E-state index in [4.69, 9.17) is 16.3 Å². The van der Waals surface area contributed by atoms with Crippen molar-refractivity contribution in [1.29, 1.82) is 0 Å². The summed E-state index contributed by atoms with van der Waals surface area (Å²) in [5, 5.41) is 3.01. The van der Waals surface area contributed by atoms with Crippen LogP contribution in [0, 0.1) is 5.92 Å². The number of thioether (sulfide) groups is 1. The molecule has 1 aromatic rings. The summed E-state index contributed by atoms with van der Waals surface area (Å²) >= 11 is 7.02. The highest BCUT2D eigenvalue weighted by Crippen LogP contribution is 2.33. The van der Waals surface area contributed by atoms with Gasteiger partial charge in [0.05, 0.1) is 17.2 Å². The molecule has 1 aromatic heterocycles. The van der Waals surface area contributed by atoms with Crippen molar-refractivity contribution in [2.24, 2.45) is 5.92 Å². The molecular formula is C17H21ClF3N3O3S. The van der Waals surface area contributed by atoms with Gasteiger partial charge in [0.2, 0.25) is 5.91 Å². The molecule has 0 atom stereocenters. The summed E-state index contributed by atoms with van der Waals surface area (Å²) < 4.78 is 42.7. The van der Waals surface area contributed by atoms with Crippen LogP contribution in [-0.2, 0) is 15.7 Å². The second kappa shape index (κ2) is 10.2. The number of nitrogens with one attached hydrogen (secondary N) is 1. The van der Waals surface area contributed by atoms with Crippen molar-refractivity contribution >= 4 is 35.4 Å². The van der Waals surface area contributed by atoms with Crippen LogP contribution >= 0.6 is 23.4 Å². The summed E-state index contributed by atoms with van der Waals surface area (Å²) in [5.74, 6) is 0.143. The van der Waals surface area contributed by atoms with Crippen molar-refractivity contribution in [3.05, 3.63) is 22.8 Å². The molecule has 0 aliphatic carbocycles. The number of aromatic nitrogens is 1. The minimum atomic E-state index is -4.49. The molecule has 6 nitrogen and oxygen atoms in total. The van der Waals surface area contributed by atoms with Crippen LogP contribution in [0.2, 0.25) is 5.02 Å². The Labute approximate surface area is 170 Å². The maximum atomic E-state index is 12.6. The number of halogens is 4. The van der Waals surface area contributed by atoms with Gasteiger partial charge in [0.25, 0.3) is 0 Å². The van der Waals surface area contributed by atoms with Crippen LogP contribution in [0.3, 0.4) is 0 Å². The minimum absolute atomic E-state index is 0.0718. The molecule has 0 saturated carbocycles. The van der Waals surface area contributed by atoms with E-state index in [2.05, 4.69) is 10.3 Å². The van der Waals surface area contributed by atoms with Gasteiger partial charge in [0, 0.05) is 37.5 Å². The fraction of sp³-hybridized carbons (Fsp3) is 0.588. The van der Waals surface area contributed by atoms with Gasteiger partial charge in [0.1, 0.15) is 5.03 Å². The summed E-state index contributed by atoms with van der Waals surface area (Å²) in [5.41, 5.74) is -0.899. The number of pyridine rings is 1. The smallest absolute Gasteiger partial charge is 0.417 e. The molecule has 0 aromatic carbocycles. The number of alkyl halides is 3. The summed E-state index contributed by atoms with van der Waals surface area (Å²) in [7, 11) is 0. The van der Waals surface area contributed by atoms with E-state index < -0.39 is 11.7 Å². The number of piperidine rings is 1. The third kappa shape index (κ3) is 6.44. The first-order valence-corrected chi connectivity index (χ1v) is 10.1. The number of hydrogen-bond acceptors (Lipinski definition) is 5. The average Bonchev–Trinajstić information content (AvgIpc) is 2.65. The second-order valence-corrected chi connectivity index (χ2v) is 7.60.